The van der Waals surface area contributed by atoms with Gasteiger partial charge in [0.15, 0.2) is 0 Å². The maximum atomic E-state index is 11.8. The second-order valence-electron chi connectivity index (χ2n) is 4.49. The highest BCUT2D eigenvalue weighted by molar-refractivity contribution is 7.89. The molecule has 2 rings (SSSR count). The minimum atomic E-state index is -3.46. The Morgan fingerprint density at radius 1 is 1.09 bits per heavy atom. The predicted molar refractivity (Wildman–Crippen MR) is 81.4 cm³/mol. The maximum absolute atomic E-state index is 11.8. The molecule has 2 aromatic heterocycles. The third-order valence-electron chi connectivity index (χ3n) is 2.82. The first-order valence-corrected chi connectivity index (χ1v) is 8.26. The van der Waals surface area contributed by atoms with Crippen LogP contribution >= 0.6 is 0 Å². The molecule has 7 nitrogen and oxygen atoms in total. The van der Waals surface area contributed by atoms with E-state index >= 15 is 0 Å². The van der Waals surface area contributed by atoms with E-state index in [9.17, 15) is 13.2 Å². The molecule has 0 saturated heterocycles. The number of rotatable bonds is 7. The standard InChI is InChI=1S/C14H16N4O3S/c19-14(13-3-6-15-7-4-13)17-8-9-22(20,21)18-11-12-2-1-5-16-10-12/h1-7,10,18H,8-9,11H2,(H,17,19). The highest BCUT2D eigenvalue weighted by Gasteiger charge is 2.11. The molecule has 0 radical (unpaired) electrons. The van der Waals surface area contributed by atoms with Gasteiger partial charge in [-0.1, -0.05) is 6.07 Å². The number of aromatic nitrogens is 2. The molecular formula is C14H16N4O3S. The van der Waals surface area contributed by atoms with Crippen LogP contribution in [0.1, 0.15) is 15.9 Å². The quantitative estimate of drug-likeness (QED) is 0.765. The fourth-order valence-corrected chi connectivity index (χ4v) is 2.57. The lowest BCUT2D eigenvalue weighted by Crippen LogP contribution is -2.34. The third kappa shape index (κ3) is 5.23. The minimum absolute atomic E-state index is 0.0313. The van der Waals surface area contributed by atoms with Gasteiger partial charge in [-0.05, 0) is 23.8 Å². The molecule has 0 aromatic carbocycles. The van der Waals surface area contributed by atoms with E-state index in [0.717, 1.165) is 5.56 Å². The highest BCUT2D eigenvalue weighted by atomic mass is 32.2. The summed E-state index contributed by atoms with van der Waals surface area (Å²) in [6, 6.07) is 6.63. The number of carbonyl (C=O) groups excluding carboxylic acids is 1. The SMILES string of the molecule is O=C(NCCS(=O)(=O)NCc1cccnc1)c1ccncc1. The second kappa shape index (κ2) is 7.62. The summed E-state index contributed by atoms with van der Waals surface area (Å²) in [6.07, 6.45) is 6.21. The van der Waals surface area contributed by atoms with Crippen molar-refractivity contribution in [3.05, 3.63) is 60.2 Å². The molecule has 0 aliphatic rings. The fraction of sp³-hybridized carbons (Fsp3) is 0.214. The zero-order valence-electron chi connectivity index (χ0n) is 11.8. The van der Waals surface area contributed by atoms with Gasteiger partial charge >= 0.3 is 0 Å². The van der Waals surface area contributed by atoms with Crippen LogP contribution in [0.4, 0.5) is 0 Å². The van der Waals surface area contributed by atoms with Gasteiger partial charge in [0.1, 0.15) is 0 Å². The fourth-order valence-electron chi connectivity index (χ4n) is 1.67. The first-order chi connectivity index (χ1) is 10.6. The highest BCUT2D eigenvalue weighted by Crippen LogP contribution is 1.97. The van der Waals surface area contributed by atoms with Gasteiger partial charge in [0.2, 0.25) is 10.0 Å². The van der Waals surface area contributed by atoms with E-state index in [1.165, 1.54) is 12.4 Å². The third-order valence-corrected chi connectivity index (χ3v) is 4.14. The molecule has 0 bridgehead atoms. The van der Waals surface area contributed by atoms with E-state index in [-0.39, 0.29) is 24.7 Å². The number of pyridine rings is 2. The van der Waals surface area contributed by atoms with Crippen LogP contribution in [0.15, 0.2) is 49.1 Å². The number of nitrogens with zero attached hydrogens (tertiary/aromatic N) is 2. The Morgan fingerprint density at radius 3 is 2.55 bits per heavy atom. The van der Waals surface area contributed by atoms with Crippen molar-refractivity contribution in [1.29, 1.82) is 0 Å². The first kappa shape index (κ1) is 16.1. The van der Waals surface area contributed by atoms with E-state index in [0.29, 0.717) is 5.56 Å². The Morgan fingerprint density at radius 2 is 1.86 bits per heavy atom. The van der Waals surface area contributed by atoms with Gasteiger partial charge in [-0.2, -0.15) is 0 Å². The molecule has 2 N–H and O–H groups in total. The van der Waals surface area contributed by atoms with Gasteiger partial charge in [-0.25, -0.2) is 13.1 Å². The van der Waals surface area contributed by atoms with Crippen molar-refractivity contribution in [1.82, 2.24) is 20.0 Å². The van der Waals surface area contributed by atoms with Crippen LogP contribution in [0.5, 0.6) is 0 Å². The van der Waals surface area contributed by atoms with Crippen molar-refractivity contribution in [2.24, 2.45) is 0 Å². The molecule has 0 spiro atoms. The second-order valence-corrected chi connectivity index (χ2v) is 6.42. The van der Waals surface area contributed by atoms with Gasteiger partial charge in [0.05, 0.1) is 5.75 Å². The Balaban J connectivity index is 1.77. The largest absolute Gasteiger partial charge is 0.351 e. The molecule has 8 heteroatoms. The smallest absolute Gasteiger partial charge is 0.251 e. The van der Waals surface area contributed by atoms with Crippen LogP contribution in [0, 0.1) is 0 Å². The summed E-state index contributed by atoms with van der Waals surface area (Å²) in [7, 11) is -3.46. The molecule has 22 heavy (non-hydrogen) atoms. The summed E-state index contributed by atoms with van der Waals surface area (Å²) >= 11 is 0. The first-order valence-electron chi connectivity index (χ1n) is 6.61. The van der Waals surface area contributed by atoms with E-state index in [2.05, 4.69) is 20.0 Å². The van der Waals surface area contributed by atoms with E-state index in [1.54, 1.807) is 36.7 Å². The number of hydrogen-bond donors (Lipinski definition) is 2. The van der Waals surface area contributed by atoms with E-state index in [1.807, 2.05) is 0 Å². The van der Waals surface area contributed by atoms with Gasteiger partial charge < -0.3 is 5.32 Å². The molecule has 116 valence electrons. The molecule has 0 fully saturated rings. The number of hydrogen-bond acceptors (Lipinski definition) is 5. The number of amides is 1. The molecule has 0 aliphatic heterocycles. The Hall–Kier alpha value is -2.32. The number of sulfonamides is 1. The van der Waals surface area contributed by atoms with Crippen molar-refractivity contribution in [3.8, 4) is 0 Å². The summed E-state index contributed by atoms with van der Waals surface area (Å²) in [5, 5.41) is 2.56. The van der Waals surface area contributed by atoms with Crippen LogP contribution in [-0.4, -0.2) is 36.6 Å². The summed E-state index contributed by atoms with van der Waals surface area (Å²) in [4.78, 5) is 19.5. The lowest BCUT2D eigenvalue weighted by molar-refractivity contribution is 0.0956. The molecule has 2 aromatic rings. The molecule has 0 unspecified atom stereocenters. The van der Waals surface area contributed by atoms with Gasteiger partial charge in [0, 0.05) is 43.4 Å². The molecule has 2 heterocycles. The molecule has 0 saturated carbocycles. The zero-order chi connectivity index (χ0) is 15.8. The van der Waals surface area contributed by atoms with Crippen LogP contribution in [0.3, 0.4) is 0 Å². The van der Waals surface area contributed by atoms with Crippen LogP contribution in [-0.2, 0) is 16.6 Å². The average Bonchev–Trinajstić information content (AvgIpc) is 2.55. The predicted octanol–water partition coefficient (Wildman–Crippen LogP) is 0.326. The number of nitrogens with one attached hydrogen (secondary N) is 2. The van der Waals surface area contributed by atoms with Crippen LogP contribution in [0.2, 0.25) is 0 Å². The van der Waals surface area contributed by atoms with Crippen LogP contribution < -0.4 is 10.0 Å². The van der Waals surface area contributed by atoms with Gasteiger partial charge in [-0.3, -0.25) is 14.8 Å². The van der Waals surface area contributed by atoms with Crippen molar-refractivity contribution in [3.63, 3.8) is 0 Å². The maximum Gasteiger partial charge on any atom is 0.251 e. The average molecular weight is 320 g/mol. The van der Waals surface area contributed by atoms with Gasteiger partial charge in [0.25, 0.3) is 5.91 Å². The van der Waals surface area contributed by atoms with Crippen LogP contribution in [0.25, 0.3) is 0 Å². The lowest BCUT2D eigenvalue weighted by Gasteiger charge is -2.08. The normalized spacial score (nSPS) is 11.1. The molecule has 0 aliphatic carbocycles. The zero-order valence-corrected chi connectivity index (χ0v) is 12.6. The Labute approximate surface area is 128 Å². The number of carbonyl (C=O) groups is 1. The summed E-state index contributed by atoms with van der Waals surface area (Å²) in [6.45, 7) is 0.206. The van der Waals surface area contributed by atoms with Gasteiger partial charge in [-0.15, -0.1) is 0 Å². The molecule has 1 amide bonds. The molecular weight excluding hydrogens is 304 g/mol. The topological polar surface area (TPSA) is 101 Å². The Kier molecular flexibility index (Phi) is 5.56. The van der Waals surface area contributed by atoms with Crippen molar-refractivity contribution < 1.29 is 13.2 Å². The lowest BCUT2D eigenvalue weighted by atomic mass is 10.2. The summed E-state index contributed by atoms with van der Waals surface area (Å²) in [5.74, 6) is -0.519. The van der Waals surface area contributed by atoms with Crippen molar-refractivity contribution >= 4 is 15.9 Å². The van der Waals surface area contributed by atoms with Crippen molar-refractivity contribution in [2.45, 2.75) is 6.54 Å². The Bertz CT molecular complexity index is 705. The summed E-state index contributed by atoms with van der Waals surface area (Å²) in [5.41, 5.74) is 1.21. The van der Waals surface area contributed by atoms with Crippen molar-refractivity contribution in [2.75, 3.05) is 12.3 Å². The summed E-state index contributed by atoms with van der Waals surface area (Å²) < 4.78 is 26.1. The van der Waals surface area contributed by atoms with E-state index in [4.69, 9.17) is 0 Å². The minimum Gasteiger partial charge on any atom is -0.351 e. The molecule has 0 atom stereocenters. The monoisotopic (exact) mass is 320 g/mol. The van der Waals surface area contributed by atoms with E-state index < -0.39 is 10.0 Å².